The van der Waals surface area contributed by atoms with E-state index in [-0.39, 0.29) is 17.8 Å². The van der Waals surface area contributed by atoms with Gasteiger partial charge < -0.3 is 5.11 Å². The highest BCUT2D eigenvalue weighted by Crippen LogP contribution is 2.19. The number of hydrogen-bond acceptors (Lipinski definition) is 2. The lowest BCUT2D eigenvalue weighted by atomic mass is 9.95. The van der Waals surface area contributed by atoms with Crippen molar-refractivity contribution in [2.24, 2.45) is 0 Å². The fourth-order valence-electron chi connectivity index (χ4n) is 1.18. The molecule has 3 nitrogen and oxygen atoms in total. The van der Waals surface area contributed by atoms with Gasteiger partial charge >= 0.3 is 5.97 Å². The molecule has 0 heterocycles. The molecule has 12 heavy (non-hydrogen) atoms. The summed E-state index contributed by atoms with van der Waals surface area (Å²) in [5.74, 6) is -0.965. The maximum atomic E-state index is 10.9. The van der Waals surface area contributed by atoms with Crippen LogP contribution in [-0.4, -0.2) is 16.9 Å². The molecule has 0 saturated carbocycles. The van der Waals surface area contributed by atoms with E-state index < -0.39 is 5.97 Å². The Balaban J connectivity index is 2.96. The number of carbonyl (C=O) groups excluding carboxylic acids is 1. The highest BCUT2D eigenvalue weighted by molar-refractivity contribution is 6.01. The van der Waals surface area contributed by atoms with Gasteiger partial charge in [0.25, 0.3) is 0 Å². The topological polar surface area (TPSA) is 54.4 Å². The quantitative estimate of drug-likeness (QED) is 0.672. The fraction of sp³-hybridized carbons (Fsp3) is 0.333. The van der Waals surface area contributed by atoms with E-state index in [1.807, 2.05) is 6.92 Å². The van der Waals surface area contributed by atoms with Gasteiger partial charge in [-0.3, -0.25) is 4.79 Å². The molecule has 0 aliphatic heterocycles. The Morgan fingerprint density at radius 2 is 2.33 bits per heavy atom. The zero-order valence-electron chi connectivity index (χ0n) is 6.83. The van der Waals surface area contributed by atoms with Crippen LogP contribution in [0.2, 0.25) is 0 Å². The number of hydrogen-bond donors (Lipinski definition) is 1. The van der Waals surface area contributed by atoms with Crippen LogP contribution in [0.5, 0.6) is 0 Å². The molecule has 0 radical (unpaired) electrons. The molecule has 1 aliphatic carbocycles. The van der Waals surface area contributed by atoms with Gasteiger partial charge in [-0.15, -0.1) is 0 Å². The van der Waals surface area contributed by atoms with Crippen LogP contribution in [0, 0.1) is 0 Å². The molecule has 0 saturated heterocycles. The van der Waals surface area contributed by atoms with Crippen LogP contribution < -0.4 is 0 Å². The zero-order chi connectivity index (χ0) is 9.14. The number of carbonyl (C=O) groups is 2. The molecular weight excluding hydrogens is 156 g/mol. The van der Waals surface area contributed by atoms with Crippen molar-refractivity contribution >= 4 is 11.8 Å². The van der Waals surface area contributed by atoms with E-state index in [0.717, 1.165) is 0 Å². The minimum absolute atomic E-state index is 0.0168. The number of ketones is 1. The van der Waals surface area contributed by atoms with E-state index in [4.69, 9.17) is 5.11 Å². The Hall–Kier alpha value is -1.38. The van der Waals surface area contributed by atoms with E-state index in [9.17, 15) is 9.59 Å². The van der Waals surface area contributed by atoms with Crippen LogP contribution in [0.25, 0.3) is 0 Å². The summed E-state index contributed by atoms with van der Waals surface area (Å²) < 4.78 is 0. The smallest absolute Gasteiger partial charge is 0.335 e. The van der Waals surface area contributed by atoms with Crippen molar-refractivity contribution in [3.63, 3.8) is 0 Å². The Bertz CT molecular complexity index is 284. The van der Waals surface area contributed by atoms with E-state index in [0.29, 0.717) is 12.0 Å². The van der Waals surface area contributed by atoms with Crippen LogP contribution in [0.3, 0.4) is 0 Å². The highest BCUT2D eigenvalue weighted by Gasteiger charge is 2.16. The molecule has 64 valence electrons. The fourth-order valence-corrected chi connectivity index (χ4v) is 1.18. The van der Waals surface area contributed by atoms with Crippen molar-refractivity contribution in [3.8, 4) is 0 Å². The molecule has 0 aromatic heterocycles. The molecule has 0 spiro atoms. The van der Waals surface area contributed by atoms with Gasteiger partial charge in [0, 0.05) is 6.42 Å². The van der Waals surface area contributed by atoms with Crippen LogP contribution in [-0.2, 0) is 9.59 Å². The van der Waals surface area contributed by atoms with Crippen molar-refractivity contribution in [1.29, 1.82) is 0 Å². The van der Waals surface area contributed by atoms with Gasteiger partial charge in [0.2, 0.25) is 0 Å². The lowest BCUT2D eigenvalue weighted by Crippen LogP contribution is -2.10. The van der Waals surface area contributed by atoms with E-state index in [1.54, 1.807) is 0 Å². The maximum absolute atomic E-state index is 10.9. The number of aliphatic carboxylic acids is 1. The first-order chi connectivity index (χ1) is 5.65. The first-order valence-corrected chi connectivity index (χ1v) is 3.82. The molecule has 1 aliphatic rings. The van der Waals surface area contributed by atoms with Crippen molar-refractivity contribution in [3.05, 3.63) is 23.3 Å². The third kappa shape index (κ3) is 1.61. The van der Waals surface area contributed by atoms with Crippen LogP contribution in [0.1, 0.15) is 19.8 Å². The van der Waals surface area contributed by atoms with Gasteiger partial charge in [-0.1, -0.05) is 13.0 Å². The Labute approximate surface area is 70.4 Å². The molecule has 0 unspecified atom stereocenters. The third-order valence-corrected chi connectivity index (χ3v) is 1.80. The lowest BCUT2D eigenvalue weighted by Gasteiger charge is -2.09. The van der Waals surface area contributed by atoms with Crippen molar-refractivity contribution in [2.75, 3.05) is 0 Å². The SMILES string of the molecule is CCC1=CC(=O)CC=C1C(=O)O. The molecule has 0 bridgehead atoms. The molecule has 0 atom stereocenters. The van der Waals surface area contributed by atoms with E-state index >= 15 is 0 Å². The van der Waals surface area contributed by atoms with E-state index in [2.05, 4.69) is 0 Å². The Morgan fingerprint density at radius 1 is 1.67 bits per heavy atom. The normalized spacial score (nSPS) is 16.9. The average molecular weight is 166 g/mol. The lowest BCUT2D eigenvalue weighted by molar-refractivity contribution is -0.132. The second-order valence-corrected chi connectivity index (χ2v) is 2.62. The number of rotatable bonds is 2. The van der Waals surface area contributed by atoms with Gasteiger partial charge in [-0.05, 0) is 18.1 Å². The van der Waals surface area contributed by atoms with Gasteiger partial charge in [-0.2, -0.15) is 0 Å². The highest BCUT2D eigenvalue weighted by atomic mass is 16.4. The third-order valence-electron chi connectivity index (χ3n) is 1.80. The second kappa shape index (κ2) is 3.34. The zero-order valence-corrected chi connectivity index (χ0v) is 6.83. The molecule has 0 amide bonds. The predicted molar refractivity (Wildman–Crippen MR) is 43.7 cm³/mol. The molecule has 1 rings (SSSR count). The van der Waals surface area contributed by atoms with Crippen molar-refractivity contribution < 1.29 is 14.7 Å². The molecular formula is C9H10O3. The molecule has 1 N–H and O–H groups in total. The molecule has 0 aromatic rings. The Kier molecular flexibility index (Phi) is 2.43. The standard InChI is InChI=1S/C9H10O3/c1-2-6-5-7(10)3-4-8(6)9(11)12/h4-5H,2-3H2,1H3,(H,11,12). The summed E-state index contributed by atoms with van der Waals surface area (Å²) >= 11 is 0. The van der Waals surface area contributed by atoms with Crippen LogP contribution in [0.15, 0.2) is 23.3 Å². The van der Waals surface area contributed by atoms with Crippen LogP contribution in [0.4, 0.5) is 0 Å². The average Bonchev–Trinajstić information content (AvgIpc) is 2.03. The molecule has 3 heteroatoms. The summed E-state index contributed by atoms with van der Waals surface area (Å²) in [5.41, 5.74) is 0.899. The first kappa shape index (κ1) is 8.71. The largest absolute Gasteiger partial charge is 0.478 e. The van der Waals surface area contributed by atoms with Crippen molar-refractivity contribution in [1.82, 2.24) is 0 Å². The van der Waals surface area contributed by atoms with Gasteiger partial charge in [0.1, 0.15) is 0 Å². The first-order valence-electron chi connectivity index (χ1n) is 3.82. The Morgan fingerprint density at radius 3 is 2.83 bits per heavy atom. The minimum Gasteiger partial charge on any atom is -0.478 e. The predicted octanol–water partition coefficient (Wildman–Crippen LogP) is 1.31. The second-order valence-electron chi connectivity index (χ2n) is 2.62. The number of carboxylic acid groups (broad SMARTS) is 1. The van der Waals surface area contributed by atoms with Gasteiger partial charge in [-0.25, -0.2) is 4.79 Å². The van der Waals surface area contributed by atoms with Crippen molar-refractivity contribution in [2.45, 2.75) is 19.8 Å². The van der Waals surface area contributed by atoms with E-state index in [1.165, 1.54) is 12.2 Å². The monoisotopic (exact) mass is 166 g/mol. The summed E-state index contributed by atoms with van der Waals surface area (Å²) in [6.07, 6.45) is 3.70. The number of allylic oxidation sites excluding steroid dienone is 2. The van der Waals surface area contributed by atoms with Gasteiger partial charge in [0.05, 0.1) is 5.57 Å². The van der Waals surface area contributed by atoms with Crippen LogP contribution >= 0.6 is 0 Å². The summed E-state index contributed by atoms with van der Waals surface area (Å²) in [6, 6.07) is 0. The number of carboxylic acids is 1. The summed E-state index contributed by atoms with van der Waals surface area (Å²) in [6.45, 7) is 1.83. The maximum Gasteiger partial charge on any atom is 0.335 e. The summed E-state index contributed by atoms with van der Waals surface area (Å²) in [4.78, 5) is 21.5. The summed E-state index contributed by atoms with van der Waals surface area (Å²) in [7, 11) is 0. The molecule has 0 fully saturated rings. The molecule has 0 aromatic carbocycles. The van der Waals surface area contributed by atoms with Gasteiger partial charge in [0.15, 0.2) is 5.78 Å². The summed E-state index contributed by atoms with van der Waals surface area (Å²) in [5, 5.41) is 8.71. The minimum atomic E-state index is -0.949.